The first-order valence-corrected chi connectivity index (χ1v) is 5.96. The summed E-state index contributed by atoms with van der Waals surface area (Å²) in [6.07, 6.45) is 0. The molecule has 4 heteroatoms. The molecule has 1 aromatic carbocycles. The number of para-hydroxylation sites is 1. The monoisotopic (exact) mass is 235 g/mol. The fraction of sp³-hybridized carbons (Fsp3) is 0.462. The molecule has 1 rings (SSSR count). The van der Waals surface area contributed by atoms with Crippen molar-refractivity contribution in [1.82, 2.24) is 10.2 Å². The Bertz CT molecular complexity index is 327. The molecule has 0 aliphatic heterocycles. The van der Waals surface area contributed by atoms with Crippen molar-refractivity contribution in [3.8, 4) is 0 Å². The minimum absolute atomic E-state index is 0.0263. The van der Waals surface area contributed by atoms with Crippen molar-refractivity contribution in [2.45, 2.75) is 6.92 Å². The third-order valence-electron chi connectivity index (χ3n) is 2.58. The number of hydrogen-bond acceptors (Lipinski definition) is 3. The maximum Gasteiger partial charge on any atom is 0.239 e. The van der Waals surface area contributed by atoms with E-state index >= 15 is 0 Å². The van der Waals surface area contributed by atoms with Crippen molar-refractivity contribution in [1.29, 1.82) is 0 Å². The van der Waals surface area contributed by atoms with Gasteiger partial charge in [-0.3, -0.25) is 4.79 Å². The molecule has 0 saturated carbocycles. The van der Waals surface area contributed by atoms with E-state index in [9.17, 15) is 4.79 Å². The zero-order chi connectivity index (χ0) is 12.5. The maximum absolute atomic E-state index is 11.5. The molecule has 0 saturated heterocycles. The highest BCUT2D eigenvalue weighted by atomic mass is 16.1. The van der Waals surface area contributed by atoms with Gasteiger partial charge in [-0.25, -0.2) is 0 Å². The first-order valence-electron chi connectivity index (χ1n) is 5.96. The second-order valence-electron chi connectivity index (χ2n) is 3.97. The van der Waals surface area contributed by atoms with Crippen LogP contribution in [-0.4, -0.2) is 44.0 Å². The minimum atomic E-state index is 0.0263. The second-order valence-corrected chi connectivity index (χ2v) is 3.97. The molecule has 1 aromatic rings. The van der Waals surface area contributed by atoms with E-state index in [0.717, 1.165) is 18.8 Å². The Labute approximate surface area is 103 Å². The molecule has 0 heterocycles. The molecular formula is C13H21N3O. The average Bonchev–Trinajstić information content (AvgIpc) is 2.37. The van der Waals surface area contributed by atoms with Crippen molar-refractivity contribution < 1.29 is 4.79 Å². The Kier molecular flexibility index (Phi) is 6.10. The van der Waals surface area contributed by atoms with E-state index in [-0.39, 0.29) is 5.91 Å². The Morgan fingerprint density at radius 3 is 2.65 bits per heavy atom. The normalized spacial score (nSPS) is 10.3. The number of nitrogens with zero attached hydrogens (tertiary/aromatic N) is 1. The van der Waals surface area contributed by atoms with E-state index in [1.165, 1.54) is 0 Å². The van der Waals surface area contributed by atoms with E-state index in [0.29, 0.717) is 13.1 Å². The molecular weight excluding hydrogens is 214 g/mol. The standard InChI is InChI=1S/C13H21N3O/c1-3-16(2)10-9-14-13(17)11-15-12-7-5-4-6-8-12/h4-8,15H,3,9-11H2,1-2H3,(H,14,17). The summed E-state index contributed by atoms with van der Waals surface area (Å²) in [5, 5.41) is 5.95. The number of likely N-dealkylation sites (N-methyl/N-ethyl adjacent to an activating group) is 1. The van der Waals surface area contributed by atoms with Gasteiger partial charge in [0.1, 0.15) is 0 Å². The quantitative estimate of drug-likeness (QED) is 0.745. The highest BCUT2D eigenvalue weighted by molar-refractivity contribution is 5.80. The average molecular weight is 235 g/mol. The van der Waals surface area contributed by atoms with Gasteiger partial charge < -0.3 is 15.5 Å². The number of nitrogens with one attached hydrogen (secondary N) is 2. The summed E-state index contributed by atoms with van der Waals surface area (Å²) in [5.74, 6) is 0.0263. The molecule has 1 amide bonds. The van der Waals surface area contributed by atoms with E-state index < -0.39 is 0 Å². The minimum Gasteiger partial charge on any atom is -0.376 e. The lowest BCUT2D eigenvalue weighted by atomic mass is 10.3. The summed E-state index contributed by atoms with van der Waals surface area (Å²) in [6, 6.07) is 9.72. The number of rotatable bonds is 7. The van der Waals surface area contributed by atoms with Gasteiger partial charge in [-0.05, 0) is 25.7 Å². The van der Waals surface area contributed by atoms with E-state index in [1.807, 2.05) is 37.4 Å². The zero-order valence-electron chi connectivity index (χ0n) is 10.6. The van der Waals surface area contributed by atoms with Crippen LogP contribution in [0, 0.1) is 0 Å². The predicted octanol–water partition coefficient (Wildman–Crippen LogP) is 1.17. The van der Waals surface area contributed by atoms with E-state index in [1.54, 1.807) is 0 Å². The summed E-state index contributed by atoms with van der Waals surface area (Å²) in [7, 11) is 2.04. The first-order chi connectivity index (χ1) is 8.22. The molecule has 0 aliphatic rings. The van der Waals surface area contributed by atoms with Crippen LogP contribution in [0.4, 0.5) is 5.69 Å². The van der Waals surface area contributed by atoms with Crippen molar-refractivity contribution in [2.75, 3.05) is 38.5 Å². The van der Waals surface area contributed by atoms with Crippen LogP contribution in [0.5, 0.6) is 0 Å². The number of amides is 1. The van der Waals surface area contributed by atoms with Gasteiger partial charge in [-0.1, -0.05) is 25.1 Å². The third kappa shape index (κ3) is 5.92. The first kappa shape index (κ1) is 13.5. The molecule has 4 nitrogen and oxygen atoms in total. The van der Waals surface area contributed by atoms with Crippen molar-refractivity contribution in [2.24, 2.45) is 0 Å². The van der Waals surface area contributed by atoms with Crippen LogP contribution < -0.4 is 10.6 Å². The van der Waals surface area contributed by atoms with Crippen LogP contribution in [0.25, 0.3) is 0 Å². The van der Waals surface area contributed by atoms with Crippen molar-refractivity contribution >= 4 is 11.6 Å². The van der Waals surface area contributed by atoms with Gasteiger partial charge in [0.05, 0.1) is 6.54 Å². The molecule has 17 heavy (non-hydrogen) atoms. The van der Waals surface area contributed by atoms with Crippen molar-refractivity contribution in [3.05, 3.63) is 30.3 Å². The molecule has 0 fully saturated rings. The molecule has 0 unspecified atom stereocenters. The lowest BCUT2D eigenvalue weighted by Crippen LogP contribution is -2.35. The highest BCUT2D eigenvalue weighted by Gasteiger charge is 2.00. The Morgan fingerprint density at radius 2 is 2.00 bits per heavy atom. The van der Waals surface area contributed by atoms with Crippen LogP contribution >= 0.6 is 0 Å². The predicted molar refractivity (Wildman–Crippen MR) is 71.1 cm³/mol. The Hall–Kier alpha value is -1.55. The van der Waals surface area contributed by atoms with E-state index in [2.05, 4.69) is 22.5 Å². The van der Waals surface area contributed by atoms with Crippen LogP contribution in [0.15, 0.2) is 30.3 Å². The molecule has 2 N–H and O–H groups in total. The maximum atomic E-state index is 11.5. The van der Waals surface area contributed by atoms with Gasteiger partial charge in [0.15, 0.2) is 0 Å². The van der Waals surface area contributed by atoms with Crippen LogP contribution in [0.3, 0.4) is 0 Å². The largest absolute Gasteiger partial charge is 0.376 e. The summed E-state index contributed by atoms with van der Waals surface area (Å²) >= 11 is 0. The summed E-state index contributed by atoms with van der Waals surface area (Å²) < 4.78 is 0. The number of carbonyl (C=O) groups excluding carboxylic acids is 1. The SMILES string of the molecule is CCN(C)CCNC(=O)CNc1ccccc1. The number of hydrogen-bond donors (Lipinski definition) is 2. The van der Waals surface area contributed by atoms with Gasteiger partial charge in [0.2, 0.25) is 5.91 Å². The fourth-order valence-corrected chi connectivity index (χ4v) is 1.35. The van der Waals surface area contributed by atoms with Gasteiger partial charge in [0.25, 0.3) is 0 Å². The zero-order valence-corrected chi connectivity index (χ0v) is 10.6. The summed E-state index contributed by atoms with van der Waals surface area (Å²) in [5.41, 5.74) is 0.966. The Morgan fingerprint density at radius 1 is 1.29 bits per heavy atom. The lowest BCUT2D eigenvalue weighted by Gasteiger charge is -2.14. The molecule has 0 spiro atoms. The molecule has 94 valence electrons. The van der Waals surface area contributed by atoms with Gasteiger partial charge in [-0.15, -0.1) is 0 Å². The molecule has 0 radical (unpaired) electrons. The number of benzene rings is 1. The molecule has 0 atom stereocenters. The van der Waals surface area contributed by atoms with Gasteiger partial charge in [-0.2, -0.15) is 0 Å². The van der Waals surface area contributed by atoms with Crippen LogP contribution in [-0.2, 0) is 4.79 Å². The van der Waals surface area contributed by atoms with E-state index in [4.69, 9.17) is 0 Å². The highest BCUT2D eigenvalue weighted by Crippen LogP contribution is 2.03. The smallest absolute Gasteiger partial charge is 0.239 e. The van der Waals surface area contributed by atoms with Crippen molar-refractivity contribution in [3.63, 3.8) is 0 Å². The summed E-state index contributed by atoms with van der Waals surface area (Å²) in [4.78, 5) is 13.7. The molecule has 0 bridgehead atoms. The molecule has 0 aliphatic carbocycles. The van der Waals surface area contributed by atoms with Crippen LogP contribution in [0.1, 0.15) is 6.92 Å². The fourth-order valence-electron chi connectivity index (χ4n) is 1.35. The number of carbonyl (C=O) groups is 1. The second kappa shape index (κ2) is 7.68. The molecule has 0 aromatic heterocycles. The summed E-state index contributed by atoms with van der Waals surface area (Å²) in [6.45, 7) is 4.99. The van der Waals surface area contributed by atoms with Gasteiger partial charge >= 0.3 is 0 Å². The van der Waals surface area contributed by atoms with Gasteiger partial charge in [0, 0.05) is 18.8 Å². The number of anilines is 1. The Balaban J connectivity index is 2.13. The third-order valence-corrected chi connectivity index (χ3v) is 2.58. The van der Waals surface area contributed by atoms with Crippen LogP contribution in [0.2, 0.25) is 0 Å². The lowest BCUT2D eigenvalue weighted by molar-refractivity contribution is -0.119. The topological polar surface area (TPSA) is 44.4 Å².